The van der Waals surface area contributed by atoms with Crippen molar-refractivity contribution in [1.29, 1.82) is 0 Å². The highest BCUT2D eigenvalue weighted by atomic mass is 35.5. The van der Waals surface area contributed by atoms with E-state index in [0.717, 1.165) is 11.5 Å². The molecule has 1 amide bonds. The van der Waals surface area contributed by atoms with Gasteiger partial charge in [-0.05, 0) is 36.6 Å². The minimum atomic E-state index is -4.69. The van der Waals surface area contributed by atoms with Gasteiger partial charge in [0.2, 0.25) is 0 Å². The smallest absolute Gasteiger partial charge is 0.441 e. The highest BCUT2D eigenvalue weighted by molar-refractivity contribution is 6.31. The molecule has 1 aliphatic heterocycles. The molecule has 1 aromatic heterocycles. The summed E-state index contributed by atoms with van der Waals surface area (Å²) in [6.45, 7) is 1.30. The van der Waals surface area contributed by atoms with Crippen LogP contribution in [-0.4, -0.2) is 43.0 Å². The van der Waals surface area contributed by atoms with Gasteiger partial charge in [0, 0.05) is 42.2 Å². The number of hydrogen-bond donors (Lipinski definition) is 1. The lowest BCUT2D eigenvalue weighted by Crippen LogP contribution is -2.35. The van der Waals surface area contributed by atoms with Crippen LogP contribution in [0.1, 0.15) is 16.8 Å². The molecule has 1 fully saturated rings. The number of rotatable bonds is 7. The average molecular weight is 471 g/mol. The maximum absolute atomic E-state index is 13.4. The van der Waals surface area contributed by atoms with Gasteiger partial charge in [0.15, 0.2) is 5.88 Å². The average Bonchev–Trinajstić information content (AvgIpc) is 3.38. The van der Waals surface area contributed by atoms with Crippen molar-refractivity contribution < 1.29 is 31.5 Å². The summed E-state index contributed by atoms with van der Waals surface area (Å²) in [6.07, 6.45) is -8.02. The first-order chi connectivity index (χ1) is 15.2. The molecule has 5 nitrogen and oxygen atoms in total. The zero-order valence-corrected chi connectivity index (χ0v) is 17.4. The van der Waals surface area contributed by atoms with Crippen LogP contribution in [0, 0.1) is 5.92 Å². The van der Waals surface area contributed by atoms with Gasteiger partial charge in [-0.1, -0.05) is 23.7 Å². The number of carbonyl (C=O) groups is 1. The van der Waals surface area contributed by atoms with Crippen LogP contribution >= 0.6 is 11.6 Å². The molecule has 170 valence electrons. The minimum absolute atomic E-state index is 0.0892. The summed E-state index contributed by atoms with van der Waals surface area (Å²) in [6, 6.07) is 12.3. The summed E-state index contributed by atoms with van der Waals surface area (Å²) >= 11 is 5.96. The number of furan rings is 1. The third-order valence-electron chi connectivity index (χ3n) is 5.24. The molecule has 1 saturated heterocycles. The lowest BCUT2D eigenvalue weighted by atomic mass is 10.1. The number of alkyl halides is 4. The second kappa shape index (κ2) is 8.90. The zero-order valence-electron chi connectivity index (χ0n) is 16.7. The van der Waals surface area contributed by atoms with Crippen LogP contribution in [0.4, 0.5) is 23.4 Å². The monoisotopic (exact) mass is 470 g/mol. The number of nitrogens with one attached hydrogen (secondary N) is 1. The maximum atomic E-state index is 13.4. The Morgan fingerprint density at radius 3 is 2.81 bits per heavy atom. The molecule has 0 bridgehead atoms. The van der Waals surface area contributed by atoms with Crippen LogP contribution < -0.4 is 10.1 Å². The van der Waals surface area contributed by atoms with Crippen molar-refractivity contribution in [2.75, 3.05) is 25.0 Å². The van der Waals surface area contributed by atoms with Gasteiger partial charge in [0.1, 0.15) is 11.3 Å². The molecule has 0 radical (unpaired) electrons. The zero-order chi connectivity index (χ0) is 22.9. The second-order valence-corrected chi connectivity index (χ2v) is 7.98. The van der Waals surface area contributed by atoms with Gasteiger partial charge in [0.05, 0.1) is 5.56 Å². The Morgan fingerprint density at radius 2 is 2.03 bits per heavy atom. The van der Waals surface area contributed by atoms with Crippen molar-refractivity contribution in [3.63, 3.8) is 0 Å². The summed E-state index contributed by atoms with van der Waals surface area (Å²) in [5.74, 6) is -0.469. The van der Waals surface area contributed by atoms with Crippen molar-refractivity contribution in [1.82, 2.24) is 4.90 Å². The van der Waals surface area contributed by atoms with E-state index in [-0.39, 0.29) is 11.5 Å². The Morgan fingerprint density at radius 1 is 1.25 bits per heavy atom. The Hall–Kier alpha value is -2.94. The lowest BCUT2D eigenvalue weighted by molar-refractivity contribution is -0.253. The van der Waals surface area contributed by atoms with Crippen molar-refractivity contribution >= 4 is 34.4 Å². The molecular formula is C22H19ClF4N2O3. The maximum Gasteiger partial charge on any atom is 0.461 e. The van der Waals surface area contributed by atoms with Crippen LogP contribution in [0.3, 0.4) is 0 Å². The lowest BCUT2D eigenvalue weighted by Gasteiger charge is -2.21. The molecule has 1 aliphatic rings. The molecule has 2 heterocycles. The van der Waals surface area contributed by atoms with Gasteiger partial charge in [-0.25, -0.2) is 0 Å². The Bertz CT molecular complexity index is 1120. The number of hydrogen-bond acceptors (Lipinski definition) is 4. The van der Waals surface area contributed by atoms with Gasteiger partial charge in [-0.3, -0.25) is 4.79 Å². The first-order valence-electron chi connectivity index (χ1n) is 9.89. The quantitative estimate of drug-likeness (QED) is 0.437. The molecule has 1 N–H and O–H groups in total. The van der Waals surface area contributed by atoms with Crippen LogP contribution in [0.15, 0.2) is 52.9 Å². The van der Waals surface area contributed by atoms with Crippen LogP contribution in [0.2, 0.25) is 5.02 Å². The number of benzene rings is 2. The van der Waals surface area contributed by atoms with E-state index in [0.29, 0.717) is 42.5 Å². The van der Waals surface area contributed by atoms with Gasteiger partial charge < -0.3 is 19.4 Å². The normalized spacial score (nSPS) is 16.7. The van der Waals surface area contributed by atoms with Gasteiger partial charge in [-0.15, -0.1) is 0 Å². The number of nitrogens with zero attached hydrogens (tertiary/aromatic N) is 1. The Balaban J connectivity index is 1.38. The molecule has 2 aromatic carbocycles. The third-order valence-corrected chi connectivity index (χ3v) is 5.47. The van der Waals surface area contributed by atoms with Crippen molar-refractivity contribution in [2.24, 2.45) is 5.92 Å². The number of halogens is 5. The van der Waals surface area contributed by atoms with E-state index < -0.39 is 24.2 Å². The van der Waals surface area contributed by atoms with E-state index in [2.05, 4.69) is 10.1 Å². The van der Waals surface area contributed by atoms with Crippen molar-refractivity contribution in [2.45, 2.75) is 19.0 Å². The van der Waals surface area contributed by atoms with Gasteiger partial charge in [0.25, 0.3) is 5.91 Å². The molecule has 3 aromatic rings. The summed E-state index contributed by atoms with van der Waals surface area (Å²) in [7, 11) is 0. The Kier molecular flexibility index (Phi) is 6.19. The van der Waals surface area contributed by atoms with Crippen LogP contribution in [-0.2, 0) is 0 Å². The van der Waals surface area contributed by atoms with Crippen molar-refractivity contribution in [3.8, 4) is 5.75 Å². The molecule has 0 spiro atoms. The van der Waals surface area contributed by atoms with E-state index in [1.807, 2.05) is 12.1 Å². The fourth-order valence-corrected chi connectivity index (χ4v) is 3.78. The standard InChI is InChI=1S/C22H19ClF4N2O3/c23-15-6-5-14-9-19(31-18(14)10-15)28-11-13-7-8-29(12-13)20(30)16-3-1-2-4-17(16)32-22(26,27)21(24)25/h1-6,9-10,13,21,28H,7-8,11-12H2/t13-/m0/s1. The van der Waals surface area contributed by atoms with E-state index in [4.69, 9.17) is 16.0 Å². The Labute approximate surface area is 185 Å². The minimum Gasteiger partial charge on any atom is -0.441 e. The number of anilines is 1. The topological polar surface area (TPSA) is 54.7 Å². The predicted molar refractivity (Wildman–Crippen MR) is 112 cm³/mol. The fourth-order valence-electron chi connectivity index (χ4n) is 3.61. The number of likely N-dealkylation sites (tertiary alicyclic amines) is 1. The number of fused-ring (bicyclic) bond motifs is 1. The predicted octanol–water partition coefficient (Wildman–Crippen LogP) is 5.90. The largest absolute Gasteiger partial charge is 0.461 e. The van der Waals surface area contributed by atoms with Crippen molar-refractivity contribution in [3.05, 3.63) is 59.1 Å². The highest BCUT2D eigenvalue weighted by Crippen LogP contribution is 2.32. The molecular weight excluding hydrogens is 452 g/mol. The molecule has 0 unspecified atom stereocenters. The summed E-state index contributed by atoms with van der Waals surface area (Å²) in [5.41, 5.74) is 0.469. The third kappa shape index (κ3) is 4.77. The molecule has 0 saturated carbocycles. The second-order valence-electron chi connectivity index (χ2n) is 7.54. The summed E-state index contributed by atoms with van der Waals surface area (Å²) < 4.78 is 61.6. The molecule has 1 atom stereocenters. The van der Waals surface area contributed by atoms with E-state index in [1.54, 1.807) is 12.1 Å². The van der Waals surface area contributed by atoms with E-state index >= 15 is 0 Å². The molecule has 0 aliphatic carbocycles. The fraction of sp³-hybridized carbons (Fsp3) is 0.318. The van der Waals surface area contributed by atoms with E-state index in [9.17, 15) is 22.4 Å². The van der Waals surface area contributed by atoms with E-state index in [1.165, 1.54) is 23.1 Å². The van der Waals surface area contributed by atoms with Crippen LogP contribution in [0.25, 0.3) is 11.0 Å². The summed E-state index contributed by atoms with van der Waals surface area (Å²) in [4.78, 5) is 14.3. The first kappa shape index (κ1) is 22.3. The van der Waals surface area contributed by atoms with Gasteiger partial charge >= 0.3 is 12.5 Å². The van der Waals surface area contributed by atoms with Gasteiger partial charge in [-0.2, -0.15) is 17.6 Å². The number of para-hydroxylation sites is 1. The number of amides is 1. The number of ether oxygens (including phenoxy) is 1. The first-order valence-corrected chi connectivity index (χ1v) is 10.3. The summed E-state index contributed by atoms with van der Waals surface area (Å²) in [5, 5.41) is 4.66. The highest BCUT2D eigenvalue weighted by Gasteiger charge is 2.44. The number of carbonyl (C=O) groups excluding carboxylic acids is 1. The molecule has 4 rings (SSSR count). The molecule has 32 heavy (non-hydrogen) atoms. The SMILES string of the molecule is O=C(c1ccccc1OC(F)(F)C(F)F)N1CC[C@@H](CNc2cc3ccc(Cl)cc3o2)C1. The molecule has 10 heteroatoms. The van der Waals surface area contributed by atoms with Crippen LogP contribution in [0.5, 0.6) is 5.75 Å².